The van der Waals surface area contributed by atoms with Gasteiger partial charge < -0.3 is 5.32 Å². The van der Waals surface area contributed by atoms with E-state index in [1.165, 1.54) is 23.5 Å². The Morgan fingerprint density at radius 1 is 1.23 bits per heavy atom. The maximum absolute atomic E-state index is 13.8. The van der Waals surface area contributed by atoms with Crippen molar-refractivity contribution in [3.63, 3.8) is 0 Å². The largest absolute Gasteiger partial charge is 0.434 e. The number of carbonyl (C=O) groups excluding carboxylic acids is 1. The first-order valence-electron chi connectivity index (χ1n) is 9.38. The van der Waals surface area contributed by atoms with E-state index in [2.05, 4.69) is 16.5 Å². The second-order valence-corrected chi connectivity index (χ2v) is 8.24. The number of nitrogens with zero attached hydrogens (tertiary/aromatic N) is 3. The molecular weight excluding hydrogens is 413 g/mol. The molecule has 0 saturated carbocycles. The molecule has 0 fully saturated rings. The molecule has 0 atom stereocenters. The summed E-state index contributed by atoms with van der Waals surface area (Å²) in [5, 5.41) is 16.2. The molecule has 1 N–H and O–H groups in total. The number of alkyl halides is 3. The van der Waals surface area contributed by atoms with Crippen LogP contribution in [0.3, 0.4) is 0 Å². The van der Waals surface area contributed by atoms with E-state index in [4.69, 9.17) is 0 Å². The van der Waals surface area contributed by atoms with E-state index in [-0.39, 0.29) is 5.69 Å². The summed E-state index contributed by atoms with van der Waals surface area (Å²) in [6.45, 7) is 1.82. The third-order valence-corrected chi connectivity index (χ3v) is 6.28. The molecule has 9 heteroatoms. The van der Waals surface area contributed by atoms with E-state index < -0.39 is 23.3 Å². The zero-order chi connectivity index (χ0) is 21.5. The summed E-state index contributed by atoms with van der Waals surface area (Å²) in [7, 11) is 0. The number of fused-ring (bicyclic) bond motifs is 1. The second kappa shape index (κ2) is 7.61. The van der Waals surface area contributed by atoms with Gasteiger partial charge in [-0.1, -0.05) is 17.7 Å². The fourth-order valence-electron chi connectivity index (χ4n) is 3.61. The third-order valence-electron chi connectivity index (χ3n) is 5.07. The van der Waals surface area contributed by atoms with Gasteiger partial charge in [0.25, 0.3) is 5.91 Å². The van der Waals surface area contributed by atoms with Gasteiger partial charge in [-0.2, -0.15) is 23.5 Å². The van der Waals surface area contributed by atoms with Crippen LogP contribution in [0.5, 0.6) is 0 Å². The summed E-state index contributed by atoms with van der Waals surface area (Å²) in [4.78, 5) is 13.8. The van der Waals surface area contributed by atoms with Crippen LogP contribution < -0.4 is 5.32 Å². The Kier molecular flexibility index (Phi) is 5.12. The number of benzene rings is 1. The molecule has 2 heterocycles. The van der Waals surface area contributed by atoms with Gasteiger partial charge in [0.1, 0.15) is 11.1 Å². The van der Waals surface area contributed by atoms with Crippen LogP contribution in [0.2, 0.25) is 0 Å². The van der Waals surface area contributed by atoms with Crippen LogP contribution in [-0.4, -0.2) is 15.7 Å². The predicted octanol–water partition coefficient (Wildman–Crippen LogP) is 5.26. The molecule has 3 aromatic rings. The Balaban J connectivity index is 1.73. The van der Waals surface area contributed by atoms with E-state index in [0.717, 1.165) is 52.6 Å². The van der Waals surface area contributed by atoms with Crippen molar-refractivity contribution < 1.29 is 18.0 Å². The highest BCUT2D eigenvalue weighted by molar-refractivity contribution is 7.16. The minimum Gasteiger partial charge on any atom is -0.312 e. The number of carbonyl (C=O) groups is 1. The van der Waals surface area contributed by atoms with Gasteiger partial charge in [0, 0.05) is 4.88 Å². The van der Waals surface area contributed by atoms with Gasteiger partial charge in [0.2, 0.25) is 0 Å². The lowest BCUT2D eigenvalue weighted by molar-refractivity contribution is -0.143. The Bertz CT molecular complexity index is 1150. The average Bonchev–Trinajstić information content (AvgIpc) is 3.29. The van der Waals surface area contributed by atoms with Gasteiger partial charge in [0.05, 0.1) is 23.0 Å². The average molecular weight is 430 g/mol. The molecule has 30 heavy (non-hydrogen) atoms. The number of amides is 1. The van der Waals surface area contributed by atoms with Crippen molar-refractivity contribution in [3.8, 4) is 11.8 Å². The van der Waals surface area contributed by atoms with Crippen LogP contribution in [0.4, 0.5) is 18.2 Å². The normalized spacial score (nSPS) is 13.6. The smallest absolute Gasteiger partial charge is 0.312 e. The lowest BCUT2D eigenvalue weighted by atomic mass is 9.96. The van der Waals surface area contributed by atoms with Gasteiger partial charge in [-0.05, 0) is 50.3 Å². The number of anilines is 1. The van der Waals surface area contributed by atoms with E-state index in [1.54, 1.807) is 12.1 Å². The number of halogens is 3. The quantitative estimate of drug-likeness (QED) is 0.616. The molecule has 1 aliphatic carbocycles. The number of thiophene rings is 1. The highest BCUT2D eigenvalue weighted by atomic mass is 32.1. The summed E-state index contributed by atoms with van der Waals surface area (Å²) in [5.74, 6) is -0.934. The number of aryl methyl sites for hydroxylation is 2. The molecule has 2 aromatic heterocycles. The highest BCUT2D eigenvalue weighted by Gasteiger charge is 2.41. The van der Waals surface area contributed by atoms with Crippen molar-refractivity contribution in [1.29, 1.82) is 5.26 Å². The lowest BCUT2D eigenvalue weighted by Gasteiger charge is -2.13. The molecule has 1 aromatic carbocycles. The SMILES string of the molecule is Cc1ccc(-n2ncc(C(=O)Nc3sc4c(c3C#N)CCCC4)c2C(F)(F)F)cc1. The molecule has 0 aliphatic heterocycles. The Morgan fingerprint density at radius 3 is 2.60 bits per heavy atom. The number of aromatic nitrogens is 2. The number of rotatable bonds is 3. The fraction of sp³-hybridized carbons (Fsp3) is 0.286. The van der Waals surface area contributed by atoms with Crippen molar-refractivity contribution in [2.45, 2.75) is 38.8 Å². The summed E-state index contributed by atoms with van der Waals surface area (Å²) in [6.07, 6.45) is -0.382. The first-order valence-corrected chi connectivity index (χ1v) is 10.2. The van der Waals surface area contributed by atoms with Gasteiger partial charge >= 0.3 is 6.18 Å². The van der Waals surface area contributed by atoms with E-state index >= 15 is 0 Å². The van der Waals surface area contributed by atoms with E-state index in [0.29, 0.717) is 10.6 Å². The summed E-state index contributed by atoms with van der Waals surface area (Å²) in [6, 6.07) is 8.47. The van der Waals surface area contributed by atoms with Crippen LogP contribution in [0.15, 0.2) is 30.5 Å². The van der Waals surface area contributed by atoms with Crippen molar-refractivity contribution in [3.05, 3.63) is 63.3 Å². The Morgan fingerprint density at radius 2 is 1.93 bits per heavy atom. The Hall–Kier alpha value is -3.12. The summed E-state index contributed by atoms with van der Waals surface area (Å²) >= 11 is 1.26. The van der Waals surface area contributed by atoms with Gasteiger partial charge in [-0.15, -0.1) is 11.3 Å². The number of nitriles is 1. The van der Waals surface area contributed by atoms with Crippen LogP contribution >= 0.6 is 11.3 Å². The molecule has 154 valence electrons. The number of nitrogens with one attached hydrogen (secondary N) is 1. The molecule has 4 rings (SSSR count). The standard InChI is InChI=1S/C21H17F3N4OS/c1-12-6-8-13(9-7-12)28-18(21(22,23)24)16(11-26-28)19(29)27-20-15(10-25)14-4-2-3-5-17(14)30-20/h6-9,11H,2-5H2,1H3,(H,27,29). The fourth-order valence-corrected chi connectivity index (χ4v) is 4.85. The topological polar surface area (TPSA) is 70.7 Å². The first-order chi connectivity index (χ1) is 14.3. The van der Waals surface area contributed by atoms with E-state index in [1.807, 2.05) is 6.92 Å². The zero-order valence-corrected chi connectivity index (χ0v) is 16.8. The molecule has 1 aliphatic rings. The van der Waals surface area contributed by atoms with Crippen LogP contribution in [0, 0.1) is 18.3 Å². The number of hydrogen-bond acceptors (Lipinski definition) is 4. The molecule has 0 bridgehead atoms. The van der Waals surface area contributed by atoms with Crippen LogP contribution in [-0.2, 0) is 19.0 Å². The van der Waals surface area contributed by atoms with Crippen molar-refractivity contribution in [1.82, 2.24) is 9.78 Å². The Labute approximate surface area is 174 Å². The highest BCUT2D eigenvalue weighted by Crippen LogP contribution is 2.39. The van der Waals surface area contributed by atoms with Crippen LogP contribution in [0.1, 0.15) is 50.5 Å². The van der Waals surface area contributed by atoms with E-state index in [9.17, 15) is 23.2 Å². The van der Waals surface area contributed by atoms with Gasteiger partial charge in [0.15, 0.2) is 5.69 Å². The maximum atomic E-state index is 13.8. The lowest BCUT2D eigenvalue weighted by Crippen LogP contribution is -2.20. The minimum atomic E-state index is -4.79. The zero-order valence-electron chi connectivity index (χ0n) is 16.0. The molecule has 0 spiro atoms. The molecule has 0 unspecified atom stereocenters. The maximum Gasteiger partial charge on any atom is 0.434 e. The number of hydrogen-bond donors (Lipinski definition) is 1. The summed E-state index contributed by atoms with van der Waals surface area (Å²) < 4.78 is 42.3. The monoisotopic (exact) mass is 430 g/mol. The predicted molar refractivity (Wildman–Crippen MR) is 107 cm³/mol. The summed E-state index contributed by atoms with van der Waals surface area (Å²) in [5.41, 5.74) is 0.611. The van der Waals surface area contributed by atoms with Gasteiger partial charge in [-0.25, -0.2) is 4.68 Å². The third kappa shape index (κ3) is 3.59. The van der Waals surface area contributed by atoms with Crippen molar-refractivity contribution in [2.75, 3.05) is 5.32 Å². The molecule has 0 radical (unpaired) electrons. The first kappa shape index (κ1) is 20.2. The van der Waals surface area contributed by atoms with Crippen LogP contribution in [0.25, 0.3) is 5.69 Å². The molecule has 1 amide bonds. The van der Waals surface area contributed by atoms with Crippen molar-refractivity contribution >= 4 is 22.2 Å². The second-order valence-electron chi connectivity index (χ2n) is 7.13. The molecule has 0 saturated heterocycles. The van der Waals surface area contributed by atoms with Gasteiger partial charge in [-0.3, -0.25) is 4.79 Å². The molecular formula is C21H17F3N4OS. The molecule has 5 nitrogen and oxygen atoms in total. The van der Waals surface area contributed by atoms with Crippen molar-refractivity contribution in [2.24, 2.45) is 0 Å². The minimum absolute atomic E-state index is 0.205.